The summed E-state index contributed by atoms with van der Waals surface area (Å²) in [4.78, 5) is 0. The zero-order chi connectivity index (χ0) is 18.3. The van der Waals surface area contributed by atoms with Gasteiger partial charge in [0.1, 0.15) is 5.83 Å². The van der Waals surface area contributed by atoms with Crippen LogP contribution in [0, 0.1) is 23.2 Å². The van der Waals surface area contributed by atoms with Gasteiger partial charge in [0, 0.05) is 5.92 Å². The Balaban J connectivity index is 1.44. The summed E-state index contributed by atoms with van der Waals surface area (Å²) >= 11 is 0. The number of halogens is 1. The van der Waals surface area contributed by atoms with E-state index in [0.29, 0.717) is 5.92 Å². The van der Waals surface area contributed by atoms with Crippen LogP contribution < -0.4 is 0 Å². The molecule has 0 saturated heterocycles. The third-order valence-corrected chi connectivity index (χ3v) is 7.02. The fourth-order valence-electron chi connectivity index (χ4n) is 5.36. The lowest BCUT2D eigenvalue weighted by Gasteiger charge is -2.46. The van der Waals surface area contributed by atoms with Crippen molar-refractivity contribution in [3.63, 3.8) is 0 Å². The Kier molecular flexibility index (Phi) is 4.64. The Morgan fingerprint density at radius 1 is 1.46 bits per heavy atom. The standard InChI is InChI=1S/C22H29FN2O/c1-14-10-18(23)7-8-19(14)21(26)9-6-16-4-3-5-17-11-20-15(13-24-25-20)12-22(16,17)2/h7-8,10-11,13-14,16,19,21,26H,3-6,9,12H2,1-2H3,(H,24,25)/t14?,16-,19?,21?,22-/m1/s1. The Labute approximate surface area is 155 Å². The average Bonchev–Trinajstić information content (AvgIpc) is 3.04. The molecule has 1 saturated carbocycles. The number of aromatic nitrogens is 2. The van der Waals surface area contributed by atoms with Crippen molar-refractivity contribution >= 4 is 6.08 Å². The van der Waals surface area contributed by atoms with Crippen LogP contribution in [0.5, 0.6) is 0 Å². The molecule has 5 atom stereocenters. The lowest BCUT2D eigenvalue weighted by molar-refractivity contribution is 0.0784. The van der Waals surface area contributed by atoms with Crippen LogP contribution >= 0.6 is 0 Å². The summed E-state index contributed by atoms with van der Waals surface area (Å²) < 4.78 is 13.4. The number of H-pyrrole nitrogens is 1. The molecular weight excluding hydrogens is 327 g/mol. The first-order valence-electron chi connectivity index (χ1n) is 9.94. The monoisotopic (exact) mass is 356 g/mol. The van der Waals surface area contributed by atoms with Crippen molar-refractivity contribution in [2.45, 2.75) is 58.5 Å². The minimum absolute atomic E-state index is 0.0211. The molecule has 0 aliphatic heterocycles. The molecule has 0 radical (unpaired) electrons. The van der Waals surface area contributed by atoms with Crippen LogP contribution in [-0.4, -0.2) is 21.4 Å². The number of rotatable bonds is 4. The molecule has 1 aromatic rings. The fraction of sp³-hybridized carbons (Fsp3) is 0.591. The number of hydrogen-bond donors (Lipinski definition) is 2. The Morgan fingerprint density at radius 3 is 3.12 bits per heavy atom. The number of hydrogen-bond acceptors (Lipinski definition) is 2. The van der Waals surface area contributed by atoms with Crippen molar-refractivity contribution < 1.29 is 9.50 Å². The van der Waals surface area contributed by atoms with Gasteiger partial charge in [-0.15, -0.1) is 0 Å². The molecule has 26 heavy (non-hydrogen) atoms. The number of nitrogens with zero attached hydrogens (tertiary/aromatic N) is 1. The highest BCUT2D eigenvalue weighted by molar-refractivity contribution is 5.58. The molecule has 0 spiro atoms. The molecular formula is C22H29FN2O. The van der Waals surface area contributed by atoms with Crippen LogP contribution in [0.1, 0.15) is 57.2 Å². The van der Waals surface area contributed by atoms with Gasteiger partial charge < -0.3 is 5.11 Å². The van der Waals surface area contributed by atoms with Crippen molar-refractivity contribution in [3.05, 3.63) is 47.1 Å². The normalized spacial score (nSPS) is 34.5. The van der Waals surface area contributed by atoms with Crippen LogP contribution in [-0.2, 0) is 6.42 Å². The fourth-order valence-corrected chi connectivity index (χ4v) is 5.36. The Hall–Kier alpha value is -1.68. The summed E-state index contributed by atoms with van der Waals surface area (Å²) in [5.41, 5.74) is 4.20. The van der Waals surface area contributed by atoms with Crippen molar-refractivity contribution in [2.75, 3.05) is 0 Å². The molecule has 140 valence electrons. The molecule has 3 aliphatic rings. The highest BCUT2D eigenvalue weighted by Gasteiger charge is 2.42. The van der Waals surface area contributed by atoms with Gasteiger partial charge in [-0.1, -0.05) is 25.5 Å². The van der Waals surface area contributed by atoms with E-state index in [-0.39, 0.29) is 23.1 Å². The van der Waals surface area contributed by atoms with E-state index in [1.165, 1.54) is 42.2 Å². The third kappa shape index (κ3) is 3.09. The smallest absolute Gasteiger partial charge is 0.119 e. The summed E-state index contributed by atoms with van der Waals surface area (Å²) in [6, 6.07) is 0. The van der Waals surface area contributed by atoms with E-state index in [1.54, 1.807) is 6.08 Å². The maximum atomic E-state index is 13.4. The zero-order valence-corrected chi connectivity index (χ0v) is 15.7. The first kappa shape index (κ1) is 17.7. The maximum absolute atomic E-state index is 13.4. The highest BCUT2D eigenvalue weighted by atomic mass is 19.1. The van der Waals surface area contributed by atoms with Gasteiger partial charge in [-0.2, -0.15) is 5.10 Å². The van der Waals surface area contributed by atoms with Gasteiger partial charge in [0.05, 0.1) is 18.0 Å². The van der Waals surface area contributed by atoms with E-state index in [0.717, 1.165) is 19.3 Å². The number of fused-ring (bicyclic) bond motifs is 2. The van der Waals surface area contributed by atoms with Crippen LogP contribution in [0.2, 0.25) is 0 Å². The number of aliphatic hydroxyl groups excluding tert-OH is 1. The summed E-state index contributed by atoms with van der Waals surface area (Å²) in [5, 5.41) is 18.1. The van der Waals surface area contributed by atoms with E-state index in [9.17, 15) is 9.50 Å². The van der Waals surface area contributed by atoms with Gasteiger partial charge in [-0.3, -0.25) is 5.10 Å². The maximum Gasteiger partial charge on any atom is 0.119 e. The third-order valence-electron chi connectivity index (χ3n) is 7.02. The van der Waals surface area contributed by atoms with E-state index in [4.69, 9.17) is 0 Å². The number of aromatic amines is 1. The topological polar surface area (TPSA) is 48.9 Å². The largest absolute Gasteiger partial charge is 0.392 e. The number of allylic oxidation sites excluding steroid dienone is 4. The number of nitrogens with one attached hydrogen (secondary N) is 1. The predicted molar refractivity (Wildman–Crippen MR) is 102 cm³/mol. The van der Waals surface area contributed by atoms with E-state index < -0.39 is 6.10 Å². The molecule has 4 heteroatoms. The van der Waals surface area contributed by atoms with Crippen LogP contribution in [0.15, 0.2) is 35.8 Å². The number of aliphatic hydroxyl groups is 1. The summed E-state index contributed by atoms with van der Waals surface area (Å²) in [5.74, 6) is 0.465. The lowest BCUT2D eigenvalue weighted by atomic mass is 9.58. The minimum atomic E-state index is -0.406. The molecule has 3 unspecified atom stereocenters. The van der Waals surface area contributed by atoms with Crippen molar-refractivity contribution in [1.29, 1.82) is 0 Å². The molecule has 0 aromatic carbocycles. The molecule has 0 amide bonds. The average molecular weight is 356 g/mol. The Bertz CT molecular complexity index is 762. The lowest BCUT2D eigenvalue weighted by Crippen LogP contribution is -2.38. The minimum Gasteiger partial charge on any atom is -0.392 e. The molecule has 1 heterocycles. The second kappa shape index (κ2) is 6.80. The first-order valence-corrected chi connectivity index (χ1v) is 9.94. The van der Waals surface area contributed by atoms with Crippen LogP contribution in [0.25, 0.3) is 6.08 Å². The van der Waals surface area contributed by atoms with Crippen LogP contribution in [0.4, 0.5) is 4.39 Å². The van der Waals surface area contributed by atoms with E-state index in [1.807, 2.05) is 19.2 Å². The molecule has 1 fully saturated rings. The van der Waals surface area contributed by atoms with Crippen molar-refractivity contribution in [3.8, 4) is 0 Å². The molecule has 0 bridgehead atoms. The van der Waals surface area contributed by atoms with E-state index >= 15 is 0 Å². The second-order valence-corrected chi connectivity index (χ2v) is 8.65. The SMILES string of the molecule is CC1C=C(F)C=CC1C(O)CC[C@H]1CCCC2=Cc3[nH]ncc3C[C@@]21C. The van der Waals surface area contributed by atoms with Gasteiger partial charge in [-0.05, 0) is 79.6 Å². The van der Waals surface area contributed by atoms with Gasteiger partial charge in [-0.25, -0.2) is 4.39 Å². The van der Waals surface area contributed by atoms with Gasteiger partial charge in [0.2, 0.25) is 0 Å². The summed E-state index contributed by atoms with van der Waals surface area (Å²) in [6.07, 6.45) is 15.3. The summed E-state index contributed by atoms with van der Waals surface area (Å²) in [6.45, 7) is 4.38. The molecule has 3 nitrogen and oxygen atoms in total. The van der Waals surface area contributed by atoms with Crippen LogP contribution in [0.3, 0.4) is 0 Å². The zero-order valence-electron chi connectivity index (χ0n) is 15.7. The predicted octanol–water partition coefficient (Wildman–Crippen LogP) is 4.97. The molecule has 2 N–H and O–H groups in total. The first-order chi connectivity index (χ1) is 12.5. The molecule has 1 aromatic heterocycles. The van der Waals surface area contributed by atoms with Gasteiger partial charge in [0.25, 0.3) is 0 Å². The molecule has 4 rings (SSSR count). The van der Waals surface area contributed by atoms with Gasteiger partial charge >= 0.3 is 0 Å². The summed E-state index contributed by atoms with van der Waals surface area (Å²) in [7, 11) is 0. The van der Waals surface area contributed by atoms with Gasteiger partial charge in [0.15, 0.2) is 0 Å². The van der Waals surface area contributed by atoms with Crippen molar-refractivity contribution in [2.24, 2.45) is 23.2 Å². The van der Waals surface area contributed by atoms with Crippen molar-refractivity contribution in [1.82, 2.24) is 10.2 Å². The quantitative estimate of drug-likeness (QED) is 0.800. The van der Waals surface area contributed by atoms with E-state index in [2.05, 4.69) is 23.2 Å². The molecule has 3 aliphatic carbocycles. The second-order valence-electron chi connectivity index (χ2n) is 8.65. The highest BCUT2D eigenvalue weighted by Crippen LogP contribution is 2.52. The Morgan fingerprint density at radius 2 is 2.31 bits per heavy atom.